The lowest BCUT2D eigenvalue weighted by Gasteiger charge is -2.28. The van der Waals surface area contributed by atoms with Crippen molar-refractivity contribution in [3.63, 3.8) is 0 Å². The van der Waals surface area contributed by atoms with Crippen LogP contribution in [-0.2, 0) is 9.53 Å². The normalized spacial score (nSPS) is 17.1. The molecule has 1 heterocycles. The zero-order chi connectivity index (χ0) is 16.8. The predicted octanol–water partition coefficient (Wildman–Crippen LogP) is 2.44. The van der Waals surface area contributed by atoms with Crippen LogP contribution in [0, 0.1) is 0 Å². The highest BCUT2D eigenvalue weighted by Gasteiger charge is 2.32. The Kier molecular flexibility index (Phi) is 5.41. The second-order valence-electron chi connectivity index (χ2n) is 4.96. The second kappa shape index (κ2) is 7.49. The molecule has 1 aliphatic heterocycles. The average molecular weight is 316 g/mol. The Hall–Kier alpha value is -2.76. The van der Waals surface area contributed by atoms with E-state index in [9.17, 15) is 9.59 Å². The molecule has 2 rings (SSSR count). The lowest BCUT2D eigenvalue weighted by Crippen LogP contribution is -2.45. The molecule has 0 aliphatic carbocycles. The van der Waals surface area contributed by atoms with Gasteiger partial charge in [-0.15, -0.1) is 0 Å². The van der Waals surface area contributed by atoms with Gasteiger partial charge in [0, 0.05) is 5.70 Å². The van der Waals surface area contributed by atoms with E-state index in [1.807, 2.05) is 19.1 Å². The Labute approximate surface area is 135 Å². The number of hydrogen-bond donors (Lipinski definition) is 2. The number of hydrogen-bond acceptors (Lipinski definition) is 4. The van der Waals surface area contributed by atoms with Crippen molar-refractivity contribution in [1.29, 1.82) is 0 Å². The van der Waals surface area contributed by atoms with Gasteiger partial charge in [-0.1, -0.05) is 24.8 Å². The molecular formula is C17H20N2O4. The highest BCUT2D eigenvalue weighted by Crippen LogP contribution is 2.28. The molecule has 2 amide bonds. The van der Waals surface area contributed by atoms with Crippen molar-refractivity contribution in [2.75, 3.05) is 13.2 Å². The van der Waals surface area contributed by atoms with E-state index in [-0.39, 0.29) is 12.6 Å². The lowest BCUT2D eigenvalue weighted by molar-refractivity contribution is -0.138. The van der Waals surface area contributed by atoms with E-state index in [0.29, 0.717) is 17.9 Å². The molecule has 0 fully saturated rings. The summed E-state index contributed by atoms with van der Waals surface area (Å²) in [5.74, 6) is 0.238. The van der Waals surface area contributed by atoms with Crippen LogP contribution in [0.5, 0.6) is 5.75 Å². The number of carbonyl (C=O) groups excluding carboxylic acids is 2. The van der Waals surface area contributed by atoms with Gasteiger partial charge in [0.2, 0.25) is 0 Å². The summed E-state index contributed by atoms with van der Waals surface area (Å²) in [6, 6.07) is 6.30. The van der Waals surface area contributed by atoms with E-state index in [1.165, 1.54) is 6.08 Å². The first-order chi connectivity index (χ1) is 11.1. The molecule has 1 aliphatic rings. The zero-order valence-corrected chi connectivity index (χ0v) is 13.2. The van der Waals surface area contributed by atoms with E-state index in [2.05, 4.69) is 17.2 Å². The van der Waals surface area contributed by atoms with E-state index >= 15 is 0 Å². The predicted molar refractivity (Wildman–Crippen MR) is 85.9 cm³/mol. The number of allylic oxidation sites excluding steroid dienone is 1. The highest BCUT2D eigenvalue weighted by atomic mass is 16.5. The molecule has 1 aromatic rings. The average Bonchev–Trinajstić information content (AvgIpc) is 2.53. The van der Waals surface area contributed by atoms with Crippen LogP contribution in [0.3, 0.4) is 0 Å². The van der Waals surface area contributed by atoms with Crippen molar-refractivity contribution in [3.05, 3.63) is 53.8 Å². The van der Waals surface area contributed by atoms with Crippen LogP contribution < -0.4 is 15.4 Å². The molecule has 23 heavy (non-hydrogen) atoms. The number of rotatable bonds is 6. The summed E-state index contributed by atoms with van der Waals surface area (Å²) in [7, 11) is 0. The van der Waals surface area contributed by atoms with Gasteiger partial charge in [0.1, 0.15) is 12.4 Å². The number of ether oxygens (including phenoxy) is 2. The number of esters is 1. The summed E-state index contributed by atoms with van der Waals surface area (Å²) in [6.45, 7) is 7.78. The van der Waals surface area contributed by atoms with Crippen LogP contribution >= 0.6 is 0 Å². The molecule has 0 saturated heterocycles. The van der Waals surface area contributed by atoms with Gasteiger partial charge >= 0.3 is 12.0 Å². The molecule has 1 aromatic carbocycles. The molecule has 6 nitrogen and oxygen atoms in total. The van der Waals surface area contributed by atoms with Gasteiger partial charge in [-0.2, -0.15) is 0 Å². The fourth-order valence-corrected chi connectivity index (χ4v) is 2.35. The van der Waals surface area contributed by atoms with Gasteiger partial charge < -0.3 is 20.1 Å². The smallest absolute Gasteiger partial charge is 0.338 e. The molecule has 6 heteroatoms. The first-order valence-electron chi connectivity index (χ1n) is 7.35. The summed E-state index contributed by atoms with van der Waals surface area (Å²) < 4.78 is 10.5. The van der Waals surface area contributed by atoms with E-state index in [4.69, 9.17) is 9.47 Å². The fraction of sp³-hybridized carbons (Fsp3) is 0.294. The number of amides is 2. The van der Waals surface area contributed by atoms with Crippen molar-refractivity contribution >= 4 is 12.0 Å². The van der Waals surface area contributed by atoms with Crippen molar-refractivity contribution < 1.29 is 19.1 Å². The Morgan fingerprint density at radius 1 is 1.35 bits per heavy atom. The number of nitrogens with one attached hydrogen (secondary N) is 2. The molecule has 1 atom stereocenters. The van der Waals surface area contributed by atoms with Crippen molar-refractivity contribution in [2.45, 2.75) is 19.9 Å². The summed E-state index contributed by atoms with van der Waals surface area (Å²) in [5, 5.41) is 5.34. The molecular weight excluding hydrogens is 296 g/mol. The molecule has 0 spiro atoms. The third-order valence-corrected chi connectivity index (χ3v) is 3.35. The fourth-order valence-electron chi connectivity index (χ4n) is 2.35. The first-order valence-corrected chi connectivity index (χ1v) is 7.35. The van der Waals surface area contributed by atoms with Gasteiger partial charge in [0.05, 0.1) is 18.2 Å². The van der Waals surface area contributed by atoms with Gasteiger partial charge in [-0.05, 0) is 31.5 Å². The van der Waals surface area contributed by atoms with Gasteiger partial charge in [-0.25, -0.2) is 9.59 Å². The number of benzene rings is 1. The molecule has 0 radical (unpaired) electrons. The van der Waals surface area contributed by atoms with Crippen LogP contribution in [0.1, 0.15) is 25.5 Å². The first kappa shape index (κ1) is 16.6. The third-order valence-electron chi connectivity index (χ3n) is 3.35. The lowest BCUT2D eigenvalue weighted by atomic mass is 9.95. The van der Waals surface area contributed by atoms with Crippen LogP contribution in [0.4, 0.5) is 4.79 Å². The minimum absolute atomic E-state index is 0.111. The molecule has 0 aromatic heterocycles. The monoisotopic (exact) mass is 316 g/mol. The second-order valence-corrected chi connectivity index (χ2v) is 4.96. The Morgan fingerprint density at radius 3 is 2.65 bits per heavy atom. The summed E-state index contributed by atoms with van der Waals surface area (Å²) >= 11 is 0. The van der Waals surface area contributed by atoms with E-state index in [0.717, 1.165) is 11.3 Å². The molecule has 122 valence electrons. The van der Waals surface area contributed by atoms with Crippen LogP contribution in [0.25, 0.3) is 0 Å². The topological polar surface area (TPSA) is 76.7 Å². The van der Waals surface area contributed by atoms with Crippen LogP contribution in [0.15, 0.2) is 48.2 Å². The number of carbonyl (C=O) groups is 2. The van der Waals surface area contributed by atoms with Crippen LogP contribution in [0.2, 0.25) is 0 Å². The maximum atomic E-state index is 12.3. The van der Waals surface area contributed by atoms with Gasteiger partial charge in [0.25, 0.3) is 0 Å². The maximum Gasteiger partial charge on any atom is 0.338 e. The van der Waals surface area contributed by atoms with Crippen molar-refractivity contribution in [3.8, 4) is 5.75 Å². The summed E-state index contributed by atoms with van der Waals surface area (Å²) in [5.41, 5.74) is 1.62. The van der Waals surface area contributed by atoms with Crippen LogP contribution in [-0.4, -0.2) is 25.2 Å². The Morgan fingerprint density at radius 2 is 2.04 bits per heavy atom. The minimum Gasteiger partial charge on any atom is -0.494 e. The molecule has 2 N–H and O–H groups in total. The molecule has 0 bridgehead atoms. The molecule has 0 unspecified atom stereocenters. The standard InChI is InChI=1S/C17H20N2O4/c1-4-10-23-16(20)14-11(3)18-17(21)19-15(14)12-6-8-13(9-7-12)22-5-2/h4,6-9,15H,1,5,10H2,2-3H3,(H2,18,19,21)/t15-/m0/s1. The Bertz CT molecular complexity index is 634. The zero-order valence-electron chi connectivity index (χ0n) is 13.2. The minimum atomic E-state index is -0.572. The third kappa shape index (κ3) is 3.91. The largest absolute Gasteiger partial charge is 0.494 e. The summed E-state index contributed by atoms with van der Waals surface area (Å²) in [6.07, 6.45) is 1.49. The van der Waals surface area contributed by atoms with Crippen molar-refractivity contribution in [2.24, 2.45) is 0 Å². The van der Waals surface area contributed by atoms with E-state index in [1.54, 1.807) is 19.1 Å². The van der Waals surface area contributed by atoms with Gasteiger partial charge in [-0.3, -0.25) is 0 Å². The maximum absolute atomic E-state index is 12.3. The Balaban J connectivity index is 2.32. The number of urea groups is 1. The quantitative estimate of drug-likeness (QED) is 0.624. The summed E-state index contributed by atoms with van der Waals surface area (Å²) in [4.78, 5) is 24.0. The SMILES string of the molecule is C=CCOC(=O)C1=C(C)NC(=O)N[C@H]1c1ccc(OCC)cc1. The molecule has 0 saturated carbocycles. The van der Waals surface area contributed by atoms with Gasteiger partial charge in [0.15, 0.2) is 0 Å². The highest BCUT2D eigenvalue weighted by molar-refractivity contribution is 5.95. The van der Waals surface area contributed by atoms with E-state index < -0.39 is 12.0 Å². The van der Waals surface area contributed by atoms with Crippen molar-refractivity contribution in [1.82, 2.24) is 10.6 Å².